The first-order chi connectivity index (χ1) is 12.2. The van der Waals surface area contributed by atoms with Crippen molar-refractivity contribution in [2.45, 2.75) is 19.0 Å². The van der Waals surface area contributed by atoms with Gasteiger partial charge in [-0.05, 0) is 44.1 Å². The number of amides is 1. The minimum atomic E-state index is -4.22. The Balaban J connectivity index is 2.33. The van der Waals surface area contributed by atoms with E-state index in [4.69, 9.17) is 9.47 Å². The fraction of sp³-hybridized carbons (Fsp3) is 0.500. The smallest absolute Gasteiger partial charge is 0.401 e. The van der Waals surface area contributed by atoms with Crippen LogP contribution in [-0.2, 0) is 11.2 Å². The van der Waals surface area contributed by atoms with Crippen LogP contribution in [0.1, 0.15) is 12.0 Å². The molecule has 0 unspecified atom stereocenters. The Morgan fingerprint density at radius 1 is 1.35 bits per heavy atom. The molecular formula is C18H25F3N2O3. The third-order valence-corrected chi connectivity index (χ3v) is 3.45. The van der Waals surface area contributed by atoms with Gasteiger partial charge in [-0.15, -0.1) is 6.58 Å². The molecule has 1 aromatic rings. The fourth-order valence-electron chi connectivity index (χ4n) is 2.28. The maximum Gasteiger partial charge on any atom is 0.401 e. The Hall–Kier alpha value is -2.22. The lowest BCUT2D eigenvalue weighted by Crippen LogP contribution is -2.34. The van der Waals surface area contributed by atoms with E-state index in [2.05, 4.69) is 11.9 Å². The summed E-state index contributed by atoms with van der Waals surface area (Å²) >= 11 is 0. The van der Waals surface area contributed by atoms with E-state index in [-0.39, 0.29) is 25.6 Å². The summed E-state index contributed by atoms with van der Waals surface area (Å²) in [6.45, 7) is 3.02. The lowest BCUT2D eigenvalue weighted by atomic mass is 10.1. The molecule has 1 amide bonds. The number of ether oxygens (including phenoxy) is 2. The van der Waals surface area contributed by atoms with Gasteiger partial charge in [0.05, 0.1) is 13.7 Å². The Bertz CT molecular complexity index is 592. The van der Waals surface area contributed by atoms with Crippen LogP contribution >= 0.6 is 0 Å². The van der Waals surface area contributed by atoms with Crippen molar-refractivity contribution in [2.24, 2.45) is 0 Å². The Labute approximate surface area is 151 Å². The number of halogens is 3. The van der Waals surface area contributed by atoms with Crippen molar-refractivity contribution >= 4 is 5.91 Å². The molecule has 8 heteroatoms. The van der Waals surface area contributed by atoms with E-state index < -0.39 is 12.7 Å². The number of methoxy groups -OCH3 is 1. The molecule has 0 spiro atoms. The van der Waals surface area contributed by atoms with Crippen LogP contribution in [-0.4, -0.2) is 57.4 Å². The van der Waals surface area contributed by atoms with Gasteiger partial charge in [0.25, 0.3) is 5.91 Å². The highest BCUT2D eigenvalue weighted by Gasteiger charge is 2.28. The van der Waals surface area contributed by atoms with E-state index >= 15 is 0 Å². The molecule has 0 radical (unpaired) electrons. The van der Waals surface area contributed by atoms with Gasteiger partial charge in [-0.3, -0.25) is 9.69 Å². The Kier molecular flexibility index (Phi) is 8.98. The predicted molar refractivity (Wildman–Crippen MR) is 93.6 cm³/mol. The maximum absolute atomic E-state index is 12.2. The largest absolute Gasteiger partial charge is 0.493 e. The lowest BCUT2D eigenvalue weighted by molar-refractivity contribution is -0.143. The minimum absolute atomic E-state index is 0.199. The number of nitrogens with one attached hydrogen (secondary N) is 1. The van der Waals surface area contributed by atoms with Crippen LogP contribution in [0.4, 0.5) is 13.2 Å². The van der Waals surface area contributed by atoms with Gasteiger partial charge in [0.2, 0.25) is 0 Å². The second kappa shape index (κ2) is 10.7. The summed E-state index contributed by atoms with van der Waals surface area (Å²) in [7, 11) is 2.90. The monoisotopic (exact) mass is 374 g/mol. The molecule has 146 valence electrons. The second-order valence-electron chi connectivity index (χ2n) is 5.82. The summed E-state index contributed by atoms with van der Waals surface area (Å²) in [6, 6.07) is 5.39. The second-order valence-corrected chi connectivity index (χ2v) is 5.82. The van der Waals surface area contributed by atoms with Crippen molar-refractivity contribution in [2.75, 3.05) is 40.4 Å². The number of benzene rings is 1. The van der Waals surface area contributed by atoms with Crippen molar-refractivity contribution < 1.29 is 27.4 Å². The van der Waals surface area contributed by atoms with Crippen LogP contribution in [0.15, 0.2) is 30.9 Å². The van der Waals surface area contributed by atoms with Crippen LogP contribution < -0.4 is 14.8 Å². The number of carbonyl (C=O) groups is 1. The average molecular weight is 374 g/mol. The highest BCUT2D eigenvalue weighted by Crippen LogP contribution is 2.28. The summed E-state index contributed by atoms with van der Waals surface area (Å²) in [5.74, 6) is 0.618. The molecule has 0 aromatic heterocycles. The summed E-state index contributed by atoms with van der Waals surface area (Å²) in [5.41, 5.74) is 1.01. The Morgan fingerprint density at radius 2 is 2.08 bits per heavy atom. The average Bonchev–Trinajstić information content (AvgIpc) is 2.56. The first kappa shape index (κ1) is 21.8. The first-order valence-corrected chi connectivity index (χ1v) is 8.17. The van der Waals surface area contributed by atoms with Gasteiger partial charge in [0.1, 0.15) is 0 Å². The minimum Gasteiger partial charge on any atom is -0.493 e. The number of alkyl halides is 3. The van der Waals surface area contributed by atoms with Gasteiger partial charge in [-0.25, -0.2) is 0 Å². The van der Waals surface area contributed by atoms with Gasteiger partial charge >= 0.3 is 6.18 Å². The normalized spacial score (nSPS) is 11.3. The molecule has 0 aliphatic heterocycles. The van der Waals surface area contributed by atoms with Gasteiger partial charge in [-0.1, -0.05) is 12.1 Å². The zero-order valence-electron chi connectivity index (χ0n) is 15.1. The molecular weight excluding hydrogens is 349 g/mol. The van der Waals surface area contributed by atoms with Crippen molar-refractivity contribution in [1.29, 1.82) is 0 Å². The quantitative estimate of drug-likeness (QED) is 0.478. The number of hydrogen-bond donors (Lipinski definition) is 1. The van der Waals surface area contributed by atoms with Crippen LogP contribution in [0.25, 0.3) is 0 Å². The van der Waals surface area contributed by atoms with E-state index in [9.17, 15) is 18.0 Å². The first-order valence-electron chi connectivity index (χ1n) is 8.17. The molecule has 0 aliphatic rings. The topological polar surface area (TPSA) is 50.8 Å². The van der Waals surface area contributed by atoms with Crippen LogP contribution in [0.3, 0.4) is 0 Å². The summed E-state index contributed by atoms with van der Waals surface area (Å²) in [6.07, 6.45) is -1.33. The molecule has 0 aliphatic carbocycles. The highest BCUT2D eigenvalue weighted by molar-refractivity contribution is 5.77. The van der Waals surface area contributed by atoms with Gasteiger partial charge in [0.15, 0.2) is 18.1 Å². The van der Waals surface area contributed by atoms with E-state index in [1.807, 2.05) is 12.1 Å². The maximum atomic E-state index is 12.2. The van der Waals surface area contributed by atoms with Crippen molar-refractivity contribution in [3.05, 3.63) is 36.4 Å². The van der Waals surface area contributed by atoms with E-state index in [1.165, 1.54) is 19.1 Å². The lowest BCUT2D eigenvalue weighted by Gasteiger charge is -2.18. The highest BCUT2D eigenvalue weighted by atomic mass is 19.4. The number of rotatable bonds is 11. The van der Waals surface area contributed by atoms with Gasteiger partial charge in [0, 0.05) is 6.54 Å². The SMILES string of the molecule is C=CCc1ccc(OCC(=O)NCCCN(C)CC(F)(F)F)c(OC)c1. The van der Waals surface area contributed by atoms with E-state index in [1.54, 1.807) is 12.1 Å². The van der Waals surface area contributed by atoms with Gasteiger partial charge in [-0.2, -0.15) is 13.2 Å². The fourth-order valence-corrected chi connectivity index (χ4v) is 2.28. The zero-order chi connectivity index (χ0) is 19.6. The van der Waals surface area contributed by atoms with Gasteiger partial charge < -0.3 is 14.8 Å². The zero-order valence-corrected chi connectivity index (χ0v) is 15.1. The molecule has 1 N–H and O–H groups in total. The molecule has 0 heterocycles. The number of hydrogen-bond acceptors (Lipinski definition) is 4. The van der Waals surface area contributed by atoms with Crippen molar-refractivity contribution in [3.63, 3.8) is 0 Å². The van der Waals surface area contributed by atoms with E-state index in [0.717, 1.165) is 5.56 Å². The standard InChI is InChI=1S/C18H25F3N2O3/c1-4-6-14-7-8-15(16(11-14)25-3)26-12-17(24)22-9-5-10-23(2)13-18(19,20)21/h4,7-8,11H,1,5-6,9-10,12-13H2,2-3H3,(H,22,24). The summed E-state index contributed by atoms with van der Waals surface area (Å²) in [4.78, 5) is 12.9. The third-order valence-electron chi connectivity index (χ3n) is 3.45. The van der Waals surface area contributed by atoms with Crippen molar-refractivity contribution in [1.82, 2.24) is 10.2 Å². The predicted octanol–water partition coefficient (Wildman–Crippen LogP) is 2.80. The number of nitrogens with zero attached hydrogens (tertiary/aromatic N) is 1. The third kappa shape index (κ3) is 8.75. The van der Waals surface area contributed by atoms with Crippen molar-refractivity contribution in [3.8, 4) is 11.5 Å². The molecule has 1 aromatic carbocycles. The molecule has 1 rings (SSSR count). The number of allylic oxidation sites excluding steroid dienone is 1. The van der Waals surface area contributed by atoms with Crippen LogP contribution in [0.5, 0.6) is 11.5 Å². The van der Waals surface area contributed by atoms with Crippen LogP contribution in [0.2, 0.25) is 0 Å². The molecule has 0 saturated heterocycles. The number of carbonyl (C=O) groups excluding carboxylic acids is 1. The molecule has 0 saturated carbocycles. The van der Waals surface area contributed by atoms with Crippen LogP contribution in [0, 0.1) is 0 Å². The molecule has 5 nitrogen and oxygen atoms in total. The Morgan fingerprint density at radius 3 is 2.69 bits per heavy atom. The molecule has 0 atom stereocenters. The molecule has 26 heavy (non-hydrogen) atoms. The summed E-state index contributed by atoms with van der Waals surface area (Å²) < 4.78 is 47.3. The summed E-state index contributed by atoms with van der Waals surface area (Å²) in [5, 5.41) is 2.61. The van der Waals surface area contributed by atoms with E-state index in [0.29, 0.717) is 24.3 Å². The molecule has 0 bridgehead atoms. The molecule has 0 fully saturated rings.